The molecule has 1 atom stereocenters. The molecular formula is C10H18O2. The van der Waals surface area contributed by atoms with Gasteiger partial charge < -0.3 is 4.74 Å². The van der Waals surface area contributed by atoms with Crippen LogP contribution >= 0.6 is 0 Å². The SMILES string of the molecule is CC1(C)CCCC(COC=O)C1. The van der Waals surface area contributed by atoms with Crippen molar-refractivity contribution < 1.29 is 9.53 Å². The molecular weight excluding hydrogens is 152 g/mol. The van der Waals surface area contributed by atoms with E-state index in [0.29, 0.717) is 24.4 Å². The number of rotatable bonds is 3. The summed E-state index contributed by atoms with van der Waals surface area (Å²) in [5, 5.41) is 0. The van der Waals surface area contributed by atoms with Gasteiger partial charge in [0.05, 0.1) is 6.61 Å². The minimum absolute atomic E-state index is 0.454. The van der Waals surface area contributed by atoms with E-state index < -0.39 is 0 Å². The van der Waals surface area contributed by atoms with E-state index in [4.69, 9.17) is 4.74 Å². The lowest BCUT2D eigenvalue weighted by Crippen LogP contribution is -2.25. The van der Waals surface area contributed by atoms with Gasteiger partial charge >= 0.3 is 0 Å². The molecule has 0 radical (unpaired) electrons. The van der Waals surface area contributed by atoms with Crippen LogP contribution in [-0.2, 0) is 9.53 Å². The average molecular weight is 170 g/mol. The summed E-state index contributed by atoms with van der Waals surface area (Å²) in [6, 6.07) is 0. The van der Waals surface area contributed by atoms with Crippen LogP contribution in [0.1, 0.15) is 39.5 Å². The van der Waals surface area contributed by atoms with Crippen molar-refractivity contribution >= 4 is 6.47 Å². The zero-order valence-electron chi connectivity index (χ0n) is 8.01. The Morgan fingerprint density at radius 3 is 2.92 bits per heavy atom. The Hall–Kier alpha value is -0.530. The Kier molecular flexibility index (Phi) is 3.12. The highest BCUT2D eigenvalue weighted by atomic mass is 16.5. The summed E-state index contributed by atoms with van der Waals surface area (Å²) in [4.78, 5) is 9.99. The fourth-order valence-electron chi connectivity index (χ4n) is 2.17. The van der Waals surface area contributed by atoms with Gasteiger partial charge in [-0.05, 0) is 30.6 Å². The number of carbonyl (C=O) groups is 1. The molecule has 0 aliphatic heterocycles. The van der Waals surface area contributed by atoms with Crippen molar-refractivity contribution in [2.75, 3.05) is 6.61 Å². The van der Waals surface area contributed by atoms with Crippen molar-refractivity contribution in [2.24, 2.45) is 11.3 Å². The Morgan fingerprint density at radius 1 is 1.58 bits per heavy atom. The van der Waals surface area contributed by atoms with Crippen molar-refractivity contribution in [2.45, 2.75) is 39.5 Å². The second kappa shape index (κ2) is 3.92. The summed E-state index contributed by atoms with van der Waals surface area (Å²) in [5.41, 5.74) is 0.454. The van der Waals surface area contributed by atoms with Crippen LogP contribution < -0.4 is 0 Å². The molecule has 0 N–H and O–H groups in total. The Morgan fingerprint density at radius 2 is 2.33 bits per heavy atom. The molecule has 12 heavy (non-hydrogen) atoms. The predicted octanol–water partition coefficient (Wildman–Crippen LogP) is 2.38. The van der Waals surface area contributed by atoms with Gasteiger partial charge in [0.25, 0.3) is 6.47 Å². The molecule has 1 aliphatic rings. The molecule has 0 amide bonds. The summed E-state index contributed by atoms with van der Waals surface area (Å²) in [5.74, 6) is 0.596. The number of carbonyl (C=O) groups excluding carboxylic acids is 1. The van der Waals surface area contributed by atoms with Gasteiger partial charge in [0, 0.05) is 0 Å². The monoisotopic (exact) mass is 170 g/mol. The van der Waals surface area contributed by atoms with Crippen molar-refractivity contribution in [3.63, 3.8) is 0 Å². The summed E-state index contributed by atoms with van der Waals surface area (Å²) in [7, 11) is 0. The lowest BCUT2D eigenvalue weighted by atomic mass is 9.72. The zero-order valence-corrected chi connectivity index (χ0v) is 8.01. The van der Waals surface area contributed by atoms with E-state index in [1.807, 2.05) is 0 Å². The Labute approximate surface area is 74.3 Å². The third kappa shape index (κ3) is 2.84. The normalized spacial score (nSPS) is 28.0. The molecule has 1 fully saturated rings. The second-order valence-electron chi connectivity index (χ2n) is 4.56. The largest absolute Gasteiger partial charge is 0.468 e. The van der Waals surface area contributed by atoms with Crippen molar-refractivity contribution in [1.82, 2.24) is 0 Å². The van der Waals surface area contributed by atoms with Crippen molar-refractivity contribution in [3.8, 4) is 0 Å². The Balaban J connectivity index is 2.31. The van der Waals surface area contributed by atoms with E-state index in [1.165, 1.54) is 25.7 Å². The van der Waals surface area contributed by atoms with E-state index in [2.05, 4.69) is 13.8 Å². The van der Waals surface area contributed by atoms with E-state index in [-0.39, 0.29) is 0 Å². The second-order valence-corrected chi connectivity index (χ2v) is 4.56. The number of ether oxygens (including phenoxy) is 1. The smallest absolute Gasteiger partial charge is 0.293 e. The van der Waals surface area contributed by atoms with Crippen molar-refractivity contribution in [1.29, 1.82) is 0 Å². The van der Waals surface area contributed by atoms with Gasteiger partial charge in [0.1, 0.15) is 0 Å². The van der Waals surface area contributed by atoms with Gasteiger partial charge in [-0.15, -0.1) is 0 Å². The maximum Gasteiger partial charge on any atom is 0.293 e. The molecule has 0 spiro atoms. The van der Waals surface area contributed by atoms with Crippen LogP contribution in [0.5, 0.6) is 0 Å². The summed E-state index contributed by atoms with van der Waals surface area (Å²) >= 11 is 0. The van der Waals surface area contributed by atoms with E-state index in [1.54, 1.807) is 0 Å². The fraction of sp³-hybridized carbons (Fsp3) is 0.900. The van der Waals surface area contributed by atoms with Crippen LogP contribution in [0.25, 0.3) is 0 Å². The van der Waals surface area contributed by atoms with E-state index in [9.17, 15) is 4.79 Å². The number of hydrogen-bond donors (Lipinski definition) is 0. The van der Waals surface area contributed by atoms with E-state index >= 15 is 0 Å². The quantitative estimate of drug-likeness (QED) is 0.608. The highest BCUT2D eigenvalue weighted by Gasteiger charge is 2.27. The molecule has 0 bridgehead atoms. The molecule has 1 unspecified atom stereocenters. The predicted molar refractivity (Wildman–Crippen MR) is 47.8 cm³/mol. The first-order valence-corrected chi connectivity index (χ1v) is 4.69. The van der Waals surface area contributed by atoms with Crippen LogP contribution in [-0.4, -0.2) is 13.1 Å². The molecule has 1 aliphatic carbocycles. The molecule has 0 saturated heterocycles. The lowest BCUT2D eigenvalue weighted by molar-refractivity contribution is -0.130. The fourth-order valence-corrected chi connectivity index (χ4v) is 2.17. The lowest BCUT2D eigenvalue weighted by Gasteiger charge is -2.34. The minimum atomic E-state index is 0.454. The van der Waals surface area contributed by atoms with Gasteiger partial charge in [-0.25, -0.2) is 0 Å². The standard InChI is InChI=1S/C10H18O2/c1-10(2)5-3-4-9(6-10)7-12-8-11/h8-9H,3-7H2,1-2H3. The van der Waals surface area contributed by atoms with Crippen LogP contribution in [0, 0.1) is 11.3 Å². The van der Waals surface area contributed by atoms with Crippen LogP contribution in [0.2, 0.25) is 0 Å². The molecule has 0 aromatic rings. The molecule has 2 nitrogen and oxygen atoms in total. The third-order valence-electron chi connectivity index (χ3n) is 2.71. The number of hydrogen-bond acceptors (Lipinski definition) is 2. The summed E-state index contributed by atoms with van der Waals surface area (Å²) in [6.07, 6.45) is 5.00. The first-order chi connectivity index (χ1) is 5.64. The van der Waals surface area contributed by atoms with E-state index in [0.717, 1.165) is 0 Å². The van der Waals surface area contributed by atoms with Gasteiger partial charge in [-0.2, -0.15) is 0 Å². The first kappa shape index (κ1) is 9.56. The summed E-state index contributed by atoms with van der Waals surface area (Å²) in [6.45, 7) is 5.76. The Bertz CT molecular complexity index is 152. The molecule has 1 rings (SSSR count). The first-order valence-electron chi connectivity index (χ1n) is 4.69. The van der Waals surface area contributed by atoms with Gasteiger partial charge in [0.15, 0.2) is 0 Å². The molecule has 2 heteroatoms. The minimum Gasteiger partial charge on any atom is -0.468 e. The highest BCUT2D eigenvalue weighted by Crippen LogP contribution is 2.38. The third-order valence-corrected chi connectivity index (χ3v) is 2.71. The topological polar surface area (TPSA) is 26.3 Å². The maximum absolute atomic E-state index is 9.99. The zero-order chi connectivity index (χ0) is 9.03. The molecule has 1 saturated carbocycles. The molecule has 0 heterocycles. The van der Waals surface area contributed by atoms with Crippen molar-refractivity contribution in [3.05, 3.63) is 0 Å². The van der Waals surface area contributed by atoms with Crippen LogP contribution in [0.4, 0.5) is 0 Å². The maximum atomic E-state index is 9.99. The average Bonchev–Trinajstić information content (AvgIpc) is 1.99. The van der Waals surface area contributed by atoms with Gasteiger partial charge in [0.2, 0.25) is 0 Å². The molecule has 0 aromatic heterocycles. The summed E-state index contributed by atoms with van der Waals surface area (Å²) < 4.78 is 4.79. The van der Waals surface area contributed by atoms with Gasteiger partial charge in [-0.3, -0.25) is 4.79 Å². The van der Waals surface area contributed by atoms with Gasteiger partial charge in [-0.1, -0.05) is 20.3 Å². The van der Waals surface area contributed by atoms with Crippen LogP contribution in [0.15, 0.2) is 0 Å². The molecule has 0 aromatic carbocycles. The molecule has 70 valence electrons. The highest BCUT2D eigenvalue weighted by molar-refractivity contribution is 5.36. The van der Waals surface area contributed by atoms with Crippen LogP contribution in [0.3, 0.4) is 0 Å².